The van der Waals surface area contributed by atoms with E-state index in [2.05, 4.69) is 32.8 Å². The van der Waals surface area contributed by atoms with Crippen LogP contribution in [-0.2, 0) is 4.79 Å². The van der Waals surface area contributed by atoms with Crippen LogP contribution < -0.4 is 16.0 Å². The van der Waals surface area contributed by atoms with Crippen LogP contribution in [0.2, 0.25) is 0 Å². The lowest BCUT2D eigenvalue weighted by Gasteiger charge is -2.32. The highest BCUT2D eigenvalue weighted by molar-refractivity contribution is 5.94. The number of nitrogens with zero attached hydrogens (tertiary/aromatic N) is 2. The number of aryl methyl sites for hydroxylation is 1. The Bertz CT molecular complexity index is 612. The van der Waals surface area contributed by atoms with Gasteiger partial charge in [0.15, 0.2) is 0 Å². The fourth-order valence-electron chi connectivity index (χ4n) is 2.82. The van der Waals surface area contributed by atoms with Crippen molar-refractivity contribution in [3.05, 3.63) is 23.8 Å². The van der Waals surface area contributed by atoms with Crippen molar-refractivity contribution in [3.63, 3.8) is 0 Å². The lowest BCUT2D eigenvalue weighted by Crippen LogP contribution is -2.45. The van der Waals surface area contributed by atoms with E-state index in [1.165, 1.54) is 0 Å². The zero-order valence-corrected chi connectivity index (χ0v) is 16.1. The van der Waals surface area contributed by atoms with Crippen molar-refractivity contribution in [1.82, 2.24) is 15.1 Å². The molecule has 0 aliphatic carbocycles. The predicted molar refractivity (Wildman–Crippen MR) is 106 cm³/mol. The molecule has 0 radical (unpaired) electrons. The van der Waals surface area contributed by atoms with Gasteiger partial charge in [0, 0.05) is 50.5 Å². The molecule has 1 saturated heterocycles. The predicted octanol–water partition coefficient (Wildman–Crippen LogP) is 2.10. The third kappa shape index (κ3) is 6.65. The second-order valence-corrected chi connectivity index (χ2v) is 6.81. The Kier molecular flexibility index (Phi) is 7.87. The summed E-state index contributed by atoms with van der Waals surface area (Å²) in [6, 6.07) is 5.28. The van der Waals surface area contributed by atoms with Crippen LogP contribution >= 0.6 is 0 Å². The Labute approximate surface area is 156 Å². The summed E-state index contributed by atoms with van der Waals surface area (Å²) in [7, 11) is 2.15. The zero-order valence-electron chi connectivity index (χ0n) is 16.1. The van der Waals surface area contributed by atoms with Crippen molar-refractivity contribution in [2.45, 2.75) is 26.7 Å². The maximum atomic E-state index is 12.1. The number of amides is 3. The number of carbonyl (C=O) groups excluding carboxylic acids is 2. The van der Waals surface area contributed by atoms with Gasteiger partial charge in [0.1, 0.15) is 0 Å². The maximum absolute atomic E-state index is 12.1. The first-order valence-corrected chi connectivity index (χ1v) is 9.34. The highest BCUT2D eigenvalue weighted by Gasteiger charge is 2.13. The van der Waals surface area contributed by atoms with E-state index in [1.807, 2.05) is 26.0 Å². The minimum absolute atomic E-state index is 0.0430. The van der Waals surface area contributed by atoms with Crippen LogP contribution in [0.4, 0.5) is 16.2 Å². The summed E-state index contributed by atoms with van der Waals surface area (Å²) in [5.41, 5.74) is 2.35. The fraction of sp³-hybridized carbons (Fsp3) is 0.579. The number of likely N-dealkylation sites (N-methyl/N-ethyl adjacent to an activating group) is 1. The Morgan fingerprint density at radius 2 is 1.85 bits per heavy atom. The standard InChI is InChI=1S/C19H31N5O2/c1-4-18(25)22-17-14-16(7-6-15(17)2)21-19(26)20-8-5-9-24-12-10-23(3)11-13-24/h6-7,14H,4-5,8-13H2,1-3H3,(H,22,25)(H2,20,21,26). The molecule has 1 fully saturated rings. The van der Waals surface area contributed by atoms with E-state index in [9.17, 15) is 9.59 Å². The molecule has 2 rings (SSSR count). The van der Waals surface area contributed by atoms with E-state index in [4.69, 9.17) is 0 Å². The van der Waals surface area contributed by atoms with Gasteiger partial charge in [-0.1, -0.05) is 13.0 Å². The summed E-state index contributed by atoms with van der Waals surface area (Å²) in [4.78, 5) is 28.4. The van der Waals surface area contributed by atoms with Gasteiger partial charge >= 0.3 is 6.03 Å². The number of piperazine rings is 1. The molecular weight excluding hydrogens is 330 g/mol. The van der Waals surface area contributed by atoms with Crippen LogP contribution in [-0.4, -0.2) is 68.1 Å². The molecule has 26 heavy (non-hydrogen) atoms. The Balaban J connectivity index is 1.72. The van der Waals surface area contributed by atoms with Crippen LogP contribution in [0.3, 0.4) is 0 Å². The van der Waals surface area contributed by atoms with Crippen molar-refractivity contribution in [1.29, 1.82) is 0 Å². The van der Waals surface area contributed by atoms with Gasteiger partial charge in [0.25, 0.3) is 0 Å². The average molecular weight is 361 g/mol. The molecule has 7 nitrogen and oxygen atoms in total. The molecule has 0 saturated carbocycles. The van der Waals surface area contributed by atoms with E-state index in [0.717, 1.165) is 50.4 Å². The summed E-state index contributed by atoms with van der Waals surface area (Å²) >= 11 is 0. The van der Waals surface area contributed by atoms with Gasteiger partial charge in [-0.15, -0.1) is 0 Å². The number of nitrogens with one attached hydrogen (secondary N) is 3. The lowest BCUT2D eigenvalue weighted by molar-refractivity contribution is -0.115. The van der Waals surface area contributed by atoms with E-state index in [-0.39, 0.29) is 11.9 Å². The Morgan fingerprint density at radius 1 is 1.12 bits per heavy atom. The molecule has 3 N–H and O–H groups in total. The molecule has 1 aromatic carbocycles. The summed E-state index contributed by atoms with van der Waals surface area (Å²) < 4.78 is 0. The SMILES string of the molecule is CCC(=O)Nc1cc(NC(=O)NCCCN2CCN(C)CC2)ccc1C. The monoisotopic (exact) mass is 361 g/mol. The minimum Gasteiger partial charge on any atom is -0.338 e. The van der Waals surface area contributed by atoms with Crippen molar-refractivity contribution in [2.75, 3.05) is 56.9 Å². The summed E-state index contributed by atoms with van der Waals surface area (Å²) in [5.74, 6) is -0.0430. The van der Waals surface area contributed by atoms with Gasteiger partial charge in [-0.25, -0.2) is 4.79 Å². The third-order valence-electron chi connectivity index (χ3n) is 4.62. The topological polar surface area (TPSA) is 76.7 Å². The van der Waals surface area contributed by atoms with Crippen LogP contribution in [0, 0.1) is 6.92 Å². The maximum Gasteiger partial charge on any atom is 0.319 e. The minimum atomic E-state index is -0.222. The largest absolute Gasteiger partial charge is 0.338 e. The van der Waals surface area contributed by atoms with Crippen molar-refractivity contribution >= 4 is 23.3 Å². The first kappa shape index (κ1) is 20.2. The molecule has 1 heterocycles. The average Bonchev–Trinajstić information content (AvgIpc) is 2.63. The first-order chi connectivity index (χ1) is 12.5. The highest BCUT2D eigenvalue weighted by Crippen LogP contribution is 2.20. The number of hydrogen-bond donors (Lipinski definition) is 3. The summed E-state index contributed by atoms with van der Waals surface area (Å²) in [5, 5.41) is 8.56. The lowest BCUT2D eigenvalue weighted by atomic mass is 10.1. The smallest absolute Gasteiger partial charge is 0.319 e. The van der Waals surface area contributed by atoms with E-state index in [0.29, 0.717) is 18.7 Å². The number of urea groups is 1. The van der Waals surface area contributed by atoms with Gasteiger partial charge in [-0.05, 0) is 44.6 Å². The summed E-state index contributed by atoms with van der Waals surface area (Å²) in [6.07, 6.45) is 1.35. The molecule has 0 unspecified atom stereocenters. The van der Waals surface area contributed by atoms with Gasteiger partial charge in [0.2, 0.25) is 5.91 Å². The van der Waals surface area contributed by atoms with Crippen LogP contribution in [0.1, 0.15) is 25.3 Å². The molecule has 3 amide bonds. The molecule has 0 spiro atoms. The van der Waals surface area contributed by atoms with E-state index in [1.54, 1.807) is 6.07 Å². The highest BCUT2D eigenvalue weighted by atomic mass is 16.2. The summed E-state index contributed by atoms with van der Waals surface area (Å²) in [6.45, 7) is 9.79. The molecule has 7 heteroatoms. The molecule has 1 aliphatic heterocycles. The second kappa shape index (κ2) is 10.1. The van der Waals surface area contributed by atoms with E-state index >= 15 is 0 Å². The Hall–Kier alpha value is -2.12. The van der Waals surface area contributed by atoms with E-state index < -0.39 is 0 Å². The fourth-order valence-corrected chi connectivity index (χ4v) is 2.82. The molecule has 0 bridgehead atoms. The van der Waals surface area contributed by atoms with Crippen molar-refractivity contribution in [3.8, 4) is 0 Å². The molecule has 1 aromatic rings. The third-order valence-corrected chi connectivity index (χ3v) is 4.62. The Morgan fingerprint density at radius 3 is 2.54 bits per heavy atom. The second-order valence-electron chi connectivity index (χ2n) is 6.81. The van der Waals surface area contributed by atoms with Crippen molar-refractivity contribution < 1.29 is 9.59 Å². The zero-order chi connectivity index (χ0) is 18.9. The number of anilines is 2. The molecule has 0 aromatic heterocycles. The van der Waals surface area contributed by atoms with Crippen molar-refractivity contribution in [2.24, 2.45) is 0 Å². The molecule has 144 valence electrons. The van der Waals surface area contributed by atoms with Gasteiger partial charge in [-0.2, -0.15) is 0 Å². The number of carbonyl (C=O) groups is 2. The number of rotatable bonds is 7. The molecular formula is C19H31N5O2. The normalized spacial score (nSPS) is 15.5. The quantitative estimate of drug-likeness (QED) is 0.650. The van der Waals surface area contributed by atoms with Crippen LogP contribution in [0.5, 0.6) is 0 Å². The van der Waals surface area contributed by atoms with Gasteiger partial charge in [-0.3, -0.25) is 4.79 Å². The first-order valence-electron chi connectivity index (χ1n) is 9.34. The molecule has 0 atom stereocenters. The van der Waals surface area contributed by atoms with Crippen LogP contribution in [0.15, 0.2) is 18.2 Å². The number of benzene rings is 1. The van der Waals surface area contributed by atoms with Crippen LogP contribution in [0.25, 0.3) is 0 Å². The molecule has 1 aliphatic rings. The number of hydrogen-bond acceptors (Lipinski definition) is 4. The van der Waals surface area contributed by atoms with Gasteiger partial charge < -0.3 is 25.8 Å². The van der Waals surface area contributed by atoms with Gasteiger partial charge in [0.05, 0.1) is 0 Å².